The lowest BCUT2D eigenvalue weighted by Gasteiger charge is -2.33. The minimum atomic E-state index is -3.60. The van der Waals surface area contributed by atoms with Crippen molar-refractivity contribution in [3.8, 4) is 5.75 Å². The molecule has 2 aliphatic heterocycles. The van der Waals surface area contributed by atoms with Gasteiger partial charge in [-0.1, -0.05) is 0 Å². The first-order chi connectivity index (χ1) is 11.4. The fourth-order valence-corrected chi connectivity index (χ4v) is 4.75. The third kappa shape index (κ3) is 3.73. The lowest BCUT2D eigenvalue weighted by molar-refractivity contribution is -0.0239. The van der Waals surface area contributed by atoms with Gasteiger partial charge in [-0.2, -0.15) is 4.31 Å². The zero-order chi connectivity index (χ0) is 17.2. The normalized spacial score (nSPS) is 26.6. The molecule has 1 aromatic carbocycles. The fourth-order valence-electron chi connectivity index (χ4n) is 3.23. The molecule has 2 aliphatic rings. The van der Waals surface area contributed by atoms with Crippen LogP contribution in [0.25, 0.3) is 0 Å². The number of hydrogen-bond donors (Lipinski definition) is 1. The van der Waals surface area contributed by atoms with Crippen LogP contribution in [0.5, 0.6) is 5.75 Å². The van der Waals surface area contributed by atoms with Crippen molar-refractivity contribution in [3.63, 3.8) is 0 Å². The van der Waals surface area contributed by atoms with Gasteiger partial charge in [-0.05, 0) is 30.7 Å². The van der Waals surface area contributed by atoms with Crippen molar-refractivity contribution in [2.75, 3.05) is 53.0 Å². The van der Waals surface area contributed by atoms with Crippen LogP contribution in [0.15, 0.2) is 29.2 Å². The fraction of sp³-hybridized carbons (Fsp3) is 0.625. The Kier molecular flexibility index (Phi) is 5.12. The number of β-amino-alcohol motifs (C(OH)–C–C–N with tert-alkyl or cyclic N) is 1. The van der Waals surface area contributed by atoms with Gasteiger partial charge < -0.3 is 14.6 Å². The van der Waals surface area contributed by atoms with Crippen LogP contribution in [0.4, 0.5) is 0 Å². The van der Waals surface area contributed by atoms with Crippen LogP contribution >= 0.6 is 0 Å². The number of benzene rings is 1. The number of sulfonamides is 1. The SMILES string of the molecule is COc1ccc(S(=O)(=O)N2CCC(O)(CN3CCOCC3)C2)cc1. The van der Waals surface area contributed by atoms with Gasteiger partial charge >= 0.3 is 0 Å². The first kappa shape index (κ1) is 17.6. The number of hydrogen-bond acceptors (Lipinski definition) is 6. The van der Waals surface area contributed by atoms with E-state index in [1.54, 1.807) is 12.1 Å². The number of nitrogens with zero attached hydrogens (tertiary/aromatic N) is 2. The third-order valence-corrected chi connectivity index (χ3v) is 6.48. The summed E-state index contributed by atoms with van der Waals surface area (Å²) in [6.45, 7) is 3.79. The molecule has 2 saturated heterocycles. The van der Waals surface area contributed by atoms with E-state index < -0.39 is 15.6 Å². The van der Waals surface area contributed by atoms with E-state index in [2.05, 4.69) is 4.90 Å². The molecule has 0 amide bonds. The number of methoxy groups -OCH3 is 1. The van der Waals surface area contributed by atoms with Crippen LogP contribution in [-0.2, 0) is 14.8 Å². The maximum atomic E-state index is 12.8. The van der Waals surface area contributed by atoms with E-state index in [1.807, 2.05) is 0 Å². The molecule has 7 nitrogen and oxygen atoms in total. The molecule has 0 spiro atoms. The molecule has 0 radical (unpaired) electrons. The van der Waals surface area contributed by atoms with Crippen LogP contribution in [0.1, 0.15) is 6.42 Å². The number of morpholine rings is 1. The molecule has 0 aromatic heterocycles. The molecular weight excluding hydrogens is 332 g/mol. The summed E-state index contributed by atoms with van der Waals surface area (Å²) in [5.41, 5.74) is -1.00. The molecule has 3 rings (SSSR count). The minimum Gasteiger partial charge on any atom is -0.497 e. The largest absolute Gasteiger partial charge is 0.497 e. The average molecular weight is 356 g/mol. The number of rotatable bonds is 5. The summed E-state index contributed by atoms with van der Waals surface area (Å²) in [6, 6.07) is 6.33. The number of aliphatic hydroxyl groups is 1. The Labute approximate surface area is 142 Å². The minimum absolute atomic E-state index is 0.124. The van der Waals surface area contributed by atoms with Gasteiger partial charge in [0, 0.05) is 32.7 Å². The van der Waals surface area contributed by atoms with Crippen molar-refractivity contribution in [1.82, 2.24) is 9.21 Å². The van der Waals surface area contributed by atoms with E-state index in [1.165, 1.54) is 23.5 Å². The Balaban J connectivity index is 1.68. The summed E-state index contributed by atoms with van der Waals surface area (Å²) in [5, 5.41) is 10.8. The standard InChI is InChI=1S/C16H24N2O5S/c1-22-14-2-4-15(5-3-14)24(20,21)18-7-6-16(19,13-18)12-17-8-10-23-11-9-17/h2-5,19H,6-13H2,1H3. The van der Waals surface area contributed by atoms with Gasteiger partial charge in [-0.25, -0.2) is 8.42 Å². The molecule has 1 atom stereocenters. The molecule has 8 heteroatoms. The van der Waals surface area contributed by atoms with Gasteiger partial charge in [0.05, 0.1) is 30.8 Å². The predicted molar refractivity (Wildman–Crippen MR) is 88.6 cm³/mol. The molecule has 24 heavy (non-hydrogen) atoms. The van der Waals surface area contributed by atoms with Crippen LogP contribution < -0.4 is 4.74 Å². The van der Waals surface area contributed by atoms with E-state index >= 15 is 0 Å². The van der Waals surface area contributed by atoms with E-state index in [0.29, 0.717) is 38.5 Å². The summed E-state index contributed by atoms with van der Waals surface area (Å²) < 4.78 is 37.2. The summed E-state index contributed by atoms with van der Waals surface area (Å²) in [4.78, 5) is 2.35. The maximum absolute atomic E-state index is 12.8. The first-order valence-electron chi connectivity index (χ1n) is 8.10. The zero-order valence-corrected chi connectivity index (χ0v) is 14.7. The van der Waals surface area contributed by atoms with Crippen LogP contribution in [-0.4, -0.2) is 81.4 Å². The Morgan fingerprint density at radius 2 is 1.88 bits per heavy atom. The summed E-state index contributed by atoms with van der Waals surface area (Å²) in [6.07, 6.45) is 0.444. The highest BCUT2D eigenvalue weighted by Gasteiger charge is 2.42. The second-order valence-electron chi connectivity index (χ2n) is 6.38. The monoisotopic (exact) mass is 356 g/mol. The Bertz CT molecular complexity index is 658. The summed E-state index contributed by atoms with van der Waals surface area (Å²) in [7, 11) is -2.06. The van der Waals surface area contributed by atoms with Gasteiger partial charge in [-0.3, -0.25) is 4.90 Å². The summed E-state index contributed by atoms with van der Waals surface area (Å²) >= 11 is 0. The summed E-state index contributed by atoms with van der Waals surface area (Å²) in [5.74, 6) is 0.610. The lowest BCUT2D eigenvalue weighted by atomic mass is 10.0. The molecule has 0 bridgehead atoms. The molecule has 1 unspecified atom stereocenters. The van der Waals surface area contributed by atoms with Crippen LogP contribution in [0.3, 0.4) is 0 Å². The van der Waals surface area contributed by atoms with Crippen LogP contribution in [0, 0.1) is 0 Å². The highest BCUT2D eigenvalue weighted by atomic mass is 32.2. The first-order valence-corrected chi connectivity index (χ1v) is 9.54. The van der Waals surface area contributed by atoms with E-state index in [9.17, 15) is 13.5 Å². The van der Waals surface area contributed by atoms with Gasteiger partial charge in [0.2, 0.25) is 10.0 Å². The lowest BCUT2D eigenvalue weighted by Crippen LogP contribution is -2.49. The molecule has 0 saturated carbocycles. The van der Waals surface area contributed by atoms with Crippen molar-refractivity contribution in [2.45, 2.75) is 16.9 Å². The molecule has 2 heterocycles. The predicted octanol–water partition coefficient (Wildman–Crippen LogP) is 0.153. The zero-order valence-electron chi connectivity index (χ0n) is 13.8. The van der Waals surface area contributed by atoms with Crippen molar-refractivity contribution >= 4 is 10.0 Å². The van der Waals surface area contributed by atoms with E-state index in [0.717, 1.165) is 13.1 Å². The van der Waals surface area contributed by atoms with E-state index in [-0.39, 0.29) is 11.4 Å². The smallest absolute Gasteiger partial charge is 0.243 e. The van der Waals surface area contributed by atoms with Gasteiger partial charge in [0.1, 0.15) is 5.75 Å². The third-order valence-electron chi connectivity index (χ3n) is 4.62. The van der Waals surface area contributed by atoms with Crippen molar-refractivity contribution in [3.05, 3.63) is 24.3 Å². The second-order valence-corrected chi connectivity index (χ2v) is 8.31. The van der Waals surface area contributed by atoms with Gasteiger partial charge in [0.15, 0.2) is 0 Å². The van der Waals surface area contributed by atoms with Crippen molar-refractivity contribution in [1.29, 1.82) is 0 Å². The number of ether oxygens (including phenoxy) is 2. The highest BCUT2D eigenvalue weighted by molar-refractivity contribution is 7.89. The van der Waals surface area contributed by atoms with Crippen LogP contribution in [0.2, 0.25) is 0 Å². The highest BCUT2D eigenvalue weighted by Crippen LogP contribution is 2.29. The Morgan fingerprint density at radius 3 is 2.50 bits per heavy atom. The molecule has 1 N–H and O–H groups in total. The second kappa shape index (κ2) is 6.97. The topological polar surface area (TPSA) is 79.3 Å². The van der Waals surface area contributed by atoms with Crippen molar-refractivity contribution < 1.29 is 23.0 Å². The maximum Gasteiger partial charge on any atom is 0.243 e. The van der Waals surface area contributed by atoms with Gasteiger partial charge in [0.25, 0.3) is 0 Å². The van der Waals surface area contributed by atoms with Crippen molar-refractivity contribution in [2.24, 2.45) is 0 Å². The average Bonchev–Trinajstić information content (AvgIpc) is 2.98. The molecular formula is C16H24N2O5S. The molecule has 134 valence electrons. The van der Waals surface area contributed by atoms with E-state index in [4.69, 9.17) is 9.47 Å². The molecule has 1 aromatic rings. The molecule has 2 fully saturated rings. The van der Waals surface area contributed by atoms with Gasteiger partial charge in [-0.15, -0.1) is 0 Å². The Morgan fingerprint density at radius 1 is 1.21 bits per heavy atom. The molecule has 0 aliphatic carbocycles. The Hall–Kier alpha value is -1.19. The quantitative estimate of drug-likeness (QED) is 0.809.